The van der Waals surface area contributed by atoms with E-state index < -0.39 is 41.6 Å². The van der Waals surface area contributed by atoms with Crippen LogP contribution in [-0.2, 0) is 14.4 Å². The quantitative estimate of drug-likeness (QED) is 0.632. The van der Waals surface area contributed by atoms with Crippen molar-refractivity contribution in [3.05, 3.63) is 0 Å². The van der Waals surface area contributed by atoms with Crippen LogP contribution in [0.4, 0.5) is 0 Å². The molecule has 0 radical (unpaired) electrons. The van der Waals surface area contributed by atoms with Crippen molar-refractivity contribution in [2.24, 2.45) is 29.6 Å². The largest absolute Gasteiger partial charge is 0.481 e. The fourth-order valence-electron chi connectivity index (χ4n) is 3.34. The standard InChI is InChI=1S/C10H12O6/c11-8(12)5-2-3-1-4(5)7(10(15)16)6(3)9(13)14/h3-7H,1-2H2,(H,11,12)(H,13,14)(H,15,16)/t3?,4?,5-,6-,7+/m0/s1. The Morgan fingerprint density at radius 2 is 1.38 bits per heavy atom. The van der Waals surface area contributed by atoms with Crippen LogP contribution in [0.1, 0.15) is 12.8 Å². The van der Waals surface area contributed by atoms with Crippen LogP contribution in [0.2, 0.25) is 0 Å². The number of rotatable bonds is 3. The lowest BCUT2D eigenvalue weighted by atomic mass is 9.74. The van der Waals surface area contributed by atoms with E-state index in [1.807, 2.05) is 0 Å². The second kappa shape index (κ2) is 3.47. The normalized spacial score (nSPS) is 40.9. The van der Waals surface area contributed by atoms with Crippen LogP contribution >= 0.6 is 0 Å². The van der Waals surface area contributed by atoms with Crippen molar-refractivity contribution in [1.82, 2.24) is 0 Å². The molecule has 0 amide bonds. The average molecular weight is 228 g/mol. The zero-order chi connectivity index (χ0) is 12.0. The summed E-state index contributed by atoms with van der Waals surface area (Å²) < 4.78 is 0. The van der Waals surface area contributed by atoms with Gasteiger partial charge in [0.2, 0.25) is 0 Å². The Hall–Kier alpha value is -1.59. The van der Waals surface area contributed by atoms with Crippen molar-refractivity contribution in [2.45, 2.75) is 12.8 Å². The molecule has 0 saturated heterocycles. The maximum Gasteiger partial charge on any atom is 0.307 e. The predicted octanol–water partition coefficient (Wildman–Crippen LogP) is 0.129. The number of carboxylic acids is 3. The summed E-state index contributed by atoms with van der Waals surface area (Å²) in [6, 6.07) is 0. The molecule has 0 aliphatic heterocycles. The first-order valence-corrected chi connectivity index (χ1v) is 5.12. The zero-order valence-electron chi connectivity index (χ0n) is 8.37. The van der Waals surface area contributed by atoms with Gasteiger partial charge in [0.05, 0.1) is 17.8 Å². The van der Waals surface area contributed by atoms with Gasteiger partial charge in [0.15, 0.2) is 0 Å². The van der Waals surface area contributed by atoms with E-state index in [-0.39, 0.29) is 5.92 Å². The minimum absolute atomic E-state index is 0.292. The molecule has 0 aromatic rings. The van der Waals surface area contributed by atoms with Gasteiger partial charge in [0, 0.05) is 0 Å². The molecular formula is C10H12O6. The second-order valence-corrected chi connectivity index (χ2v) is 4.57. The highest BCUT2D eigenvalue weighted by molar-refractivity contribution is 5.83. The van der Waals surface area contributed by atoms with E-state index in [0.29, 0.717) is 12.8 Å². The molecule has 2 saturated carbocycles. The van der Waals surface area contributed by atoms with Crippen molar-refractivity contribution in [2.75, 3.05) is 0 Å². The van der Waals surface area contributed by atoms with Crippen LogP contribution in [0.15, 0.2) is 0 Å². The summed E-state index contributed by atoms with van der Waals surface area (Å²) in [5.41, 5.74) is 0. The predicted molar refractivity (Wildman–Crippen MR) is 49.6 cm³/mol. The highest BCUT2D eigenvalue weighted by Gasteiger charge is 2.60. The molecule has 6 nitrogen and oxygen atoms in total. The van der Waals surface area contributed by atoms with Gasteiger partial charge in [-0.3, -0.25) is 14.4 Å². The minimum atomic E-state index is -1.19. The lowest BCUT2D eigenvalue weighted by Crippen LogP contribution is -2.40. The molecule has 2 aliphatic carbocycles. The SMILES string of the molecule is O=C(O)[C@H]1CC2CC1[C@@H](C(=O)O)[C@H]2C(=O)O. The molecule has 2 rings (SSSR count). The van der Waals surface area contributed by atoms with E-state index in [2.05, 4.69) is 0 Å². The number of fused-ring (bicyclic) bond motifs is 2. The van der Waals surface area contributed by atoms with Crippen LogP contribution in [-0.4, -0.2) is 33.2 Å². The molecule has 2 aliphatic rings. The Bertz CT molecular complexity index is 362. The van der Waals surface area contributed by atoms with Crippen LogP contribution in [0.3, 0.4) is 0 Å². The molecule has 0 aromatic heterocycles. The Labute approximate surface area is 90.9 Å². The molecule has 2 fully saturated rings. The number of hydrogen-bond acceptors (Lipinski definition) is 3. The molecule has 3 N–H and O–H groups in total. The highest BCUT2D eigenvalue weighted by atomic mass is 16.4. The third kappa shape index (κ3) is 1.36. The lowest BCUT2D eigenvalue weighted by Gasteiger charge is -2.28. The molecule has 5 atom stereocenters. The maximum absolute atomic E-state index is 11.0. The van der Waals surface area contributed by atoms with Crippen molar-refractivity contribution < 1.29 is 29.7 Å². The Kier molecular flexibility index (Phi) is 2.36. The van der Waals surface area contributed by atoms with Gasteiger partial charge in [-0.1, -0.05) is 0 Å². The van der Waals surface area contributed by atoms with E-state index in [9.17, 15) is 14.4 Å². The summed E-state index contributed by atoms with van der Waals surface area (Å²) in [6.07, 6.45) is 0.700. The molecule has 2 bridgehead atoms. The first kappa shape index (κ1) is 10.9. The number of aliphatic carboxylic acids is 3. The van der Waals surface area contributed by atoms with Gasteiger partial charge in [-0.05, 0) is 24.7 Å². The third-order valence-electron chi connectivity index (χ3n) is 3.89. The highest BCUT2D eigenvalue weighted by Crippen LogP contribution is 2.55. The van der Waals surface area contributed by atoms with Crippen molar-refractivity contribution in [3.63, 3.8) is 0 Å². The number of carbonyl (C=O) groups is 3. The summed E-state index contributed by atoms with van der Waals surface area (Å²) in [7, 11) is 0. The topological polar surface area (TPSA) is 112 Å². The molecule has 16 heavy (non-hydrogen) atoms. The maximum atomic E-state index is 11.0. The van der Waals surface area contributed by atoms with E-state index in [1.54, 1.807) is 0 Å². The fourth-order valence-corrected chi connectivity index (χ4v) is 3.34. The van der Waals surface area contributed by atoms with Gasteiger partial charge in [-0.15, -0.1) is 0 Å². The third-order valence-corrected chi connectivity index (χ3v) is 3.89. The van der Waals surface area contributed by atoms with Gasteiger partial charge < -0.3 is 15.3 Å². The van der Waals surface area contributed by atoms with Crippen LogP contribution in [0.25, 0.3) is 0 Å². The Balaban J connectivity index is 2.29. The first-order valence-electron chi connectivity index (χ1n) is 5.12. The summed E-state index contributed by atoms with van der Waals surface area (Å²) in [5, 5.41) is 26.9. The van der Waals surface area contributed by atoms with Gasteiger partial charge >= 0.3 is 17.9 Å². The average Bonchev–Trinajstić information content (AvgIpc) is 2.72. The zero-order valence-corrected chi connectivity index (χ0v) is 8.37. The van der Waals surface area contributed by atoms with E-state index in [1.165, 1.54) is 0 Å². The van der Waals surface area contributed by atoms with E-state index >= 15 is 0 Å². The lowest BCUT2D eigenvalue weighted by molar-refractivity contribution is -0.160. The fraction of sp³-hybridized carbons (Fsp3) is 0.700. The summed E-state index contributed by atoms with van der Waals surface area (Å²) in [5.74, 6) is -6.81. The first-order chi connectivity index (χ1) is 7.43. The molecule has 2 unspecified atom stereocenters. The monoisotopic (exact) mass is 228 g/mol. The van der Waals surface area contributed by atoms with Crippen LogP contribution in [0, 0.1) is 29.6 Å². The molecule has 6 heteroatoms. The van der Waals surface area contributed by atoms with Gasteiger partial charge in [0.1, 0.15) is 0 Å². The second-order valence-electron chi connectivity index (χ2n) is 4.57. The van der Waals surface area contributed by atoms with E-state index in [0.717, 1.165) is 0 Å². The number of hydrogen-bond donors (Lipinski definition) is 3. The number of carboxylic acid groups (broad SMARTS) is 3. The molecule has 0 spiro atoms. The van der Waals surface area contributed by atoms with Gasteiger partial charge in [-0.2, -0.15) is 0 Å². The van der Waals surface area contributed by atoms with E-state index in [4.69, 9.17) is 15.3 Å². The summed E-state index contributed by atoms with van der Waals surface area (Å²) in [6.45, 7) is 0. The molecule has 0 heterocycles. The molecule has 0 aromatic carbocycles. The van der Waals surface area contributed by atoms with Gasteiger partial charge in [-0.25, -0.2) is 0 Å². The molecular weight excluding hydrogens is 216 g/mol. The van der Waals surface area contributed by atoms with Crippen molar-refractivity contribution in [1.29, 1.82) is 0 Å². The van der Waals surface area contributed by atoms with Crippen molar-refractivity contribution in [3.8, 4) is 0 Å². The summed E-state index contributed by atoms with van der Waals surface area (Å²) in [4.78, 5) is 32.9. The van der Waals surface area contributed by atoms with Crippen LogP contribution in [0.5, 0.6) is 0 Å². The smallest absolute Gasteiger partial charge is 0.307 e. The summed E-state index contributed by atoms with van der Waals surface area (Å²) >= 11 is 0. The minimum Gasteiger partial charge on any atom is -0.481 e. The van der Waals surface area contributed by atoms with Crippen molar-refractivity contribution >= 4 is 17.9 Å². The molecule has 88 valence electrons. The van der Waals surface area contributed by atoms with Crippen LogP contribution < -0.4 is 0 Å². The Morgan fingerprint density at radius 1 is 0.812 bits per heavy atom. The Morgan fingerprint density at radius 3 is 1.81 bits per heavy atom. The van der Waals surface area contributed by atoms with Gasteiger partial charge in [0.25, 0.3) is 0 Å².